The van der Waals surface area contributed by atoms with Crippen LogP contribution in [-0.4, -0.2) is 11.2 Å². The van der Waals surface area contributed by atoms with Crippen molar-refractivity contribution in [3.8, 4) is 0 Å². The molecule has 0 aliphatic heterocycles. The molecular weight excluding hydrogens is 188 g/mol. The van der Waals surface area contributed by atoms with E-state index in [4.69, 9.17) is 23.7 Å². The lowest BCUT2D eigenvalue weighted by atomic mass is 10.2. The van der Waals surface area contributed by atoms with Gasteiger partial charge in [-0.05, 0) is 18.4 Å². The first-order chi connectivity index (χ1) is 5.66. The molecule has 0 heterocycles. The van der Waals surface area contributed by atoms with Gasteiger partial charge in [-0.25, -0.2) is 0 Å². The van der Waals surface area contributed by atoms with Crippen LogP contribution in [0.1, 0.15) is 5.56 Å². The molecule has 1 aromatic rings. The number of benzene rings is 1. The molecule has 64 valence electrons. The molecule has 0 atom stereocenters. The summed E-state index contributed by atoms with van der Waals surface area (Å²) in [5, 5.41) is 0. The van der Waals surface area contributed by atoms with Gasteiger partial charge in [0.1, 0.15) is 4.99 Å². The number of nitrogen functional groups attached to an aromatic ring is 1. The minimum absolute atomic E-state index is 0.359. The van der Waals surface area contributed by atoms with Crippen LogP contribution in [0, 0.1) is 0 Å². The molecule has 0 fully saturated rings. The molecule has 4 N–H and O–H groups in total. The van der Waals surface area contributed by atoms with Crippen molar-refractivity contribution in [3.63, 3.8) is 0 Å². The van der Waals surface area contributed by atoms with Gasteiger partial charge in [0.05, 0.1) is 0 Å². The monoisotopic (exact) mass is 198 g/mol. The van der Waals surface area contributed by atoms with Crippen LogP contribution in [0.2, 0.25) is 0 Å². The molecule has 0 radical (unpaired) electrons. The predicted molar refractivity (Wildman–Crippen MR) is 58.5 cm³/mol. The highest BCUT2D eigenvalue weighted by Gasteiger charge is 2.06. The molecule has 0 aliphatic carbocycles. The van der Waals surface area contributed by atoms with Gasteiger partial charge in [-0.15, -0.1) is 11.8 Å². The van der Waals surface area contributed by atoms with Crippen molar-refractivity contribution < 1.29 is 0 Å². The molecule has 2 nitrogen and oxygen atoms in total. The number of rotatable bonds is 2. The van der Waals surface area contributed by atoms with E-state index < -0.39 is 0 Å². The highest BCUT2D eigenvalue weighted by molar-refractivity contribution is 7.98. The minimum atomic E-state index is 0.359. The summed E-state index contributed by atoms with van der Waals surface area (Å²) in [5.41, 5.74) is 12.7. The second-order valence-electron chi connectivity index (χ2n) is 2.29. The third-order valence-corrected chi connectivity index (χ3v) is 2.51. The van der Waals surface area contributed by atoms with Crippen molar-refractivity contribution in [1.82, 2.24) is 0 Å². The molecule has 12 heavy (non-hydrogen) atoms. The smallest absolute Gasteiger partial charge is 0.107 e. The first-order valence-electron chi connectivity index (χ1n) is 3.39. The maximum Gasteiger partial charge on any atom is 0.107 e. The topological polar surface area (TPSA) is 52.0 Å². The molecule has 0 bridgehead atoms. The Balaban J connectivity index is 3.29. The third-order valence-electron chi connectivity index (χ3n) is 1.52. The molecule has 0 saturated carbocycles. The number of anilines is 1. The third kappa shape index (κ3) is 1.70. The summed E-state index contributed by atoms with van der Waals surface area (Å²) in [7, 11) is 0. The molecule has 0 aliphatic rings. The van der Waals surface area contributed by atoms with E-state index in [-0.39, 0.29) is 0 Å². The van der Waals surface area contributed by atoms with E-state index in [1.54, 1.807) is 17.8 Å². The average Bonchev–Trinajstić information content (AvgIpc) is 2.03. The highest BCUT2D eigenvalue weighted by Crippen LogP contribution is 2.24. The minimum Gasteiger partial charge on any atom is -0.398 e. The first-order valence-corrected chi connectivity index (χ1v) is 5.02. The Hall–Kier alpha value is -0.740. The maximum atomic E-state index is 5.72. The van der Waals surface area contributed by atoms with Crippen LogP contribution in [0.15, 0.2) is 23.1 Å². The summed E-state index contributed by atoms with van der Waals surface area (Å²) in [6.45, 7) is 0. The van der Waals surface area contributed by atoms with Gasteiger partial charge in [-0.3, -0.25) is 0 Å². The highest BCUT2D eigenvalue weighted by atomic mass is 32.2. The molecule has 0 unspecified atom stereocenters. The number of hydrogen-bond acceptors (Lipinski definition) is 3. The van der Waals surface area contributed by atoms with Gasteiger partial charge in [-0.1, -0.05) is 18.3 Å². The summed E-state index contributed by atoms with van der Waals surface area (Å²) in [5.74, 6) is 0. The SMILES string of the molecule is CSc1cccc(N)c1C(N)=S. The number of thioether (sulfide) groups is 1. The zero-order valence-corrected chi connectivity index (χ0v) is 8.34. The zero-order chi connectivity index (χ0) is 9.14. The van der Waals surface area contributed by atoms with Crippen LogP contribution in [0.25, 0.3) is 0 Å². The molecule has 0 amide bonds. The number of hydrogen-bond donors (Lipinski definition) is 2. The van der Waals surface area contributed by atoms with E-state index in [0.717, 1.165) is 10.5 Å². The van der Waals surface area contributed by atoms with Crippen molar-refractivity contribution in [2.75, 3.05) is 12.0 Å². The molecular formula is C8H10N2S2. The van der Waals surface area contributed by atoms with Crippen LogP contribution in [0.5, 0.6) is 0 Å². The summed E-state index contributed by atoms with van der Waals surface area (Å²) < 4.78 is 0. The van der Waals surface area contributed by atoms with Gasteiger partial charge in [-0.2, -0.15) is 0 Å². The Bertz CT molecular complexity index is 310. The molecule has 0 aromatic heterocycles. The Morgan fingerprint density at radius 3 is 2.58 bits per heavy atom. The quantitative estimate of drug-likeness (QED) is 0.431. The lowest BCUT2D eigenvalue weighted by molar-refractivity contribution is 1.42. The van der Waals surface area contributed by atoms with E-state index in [9.17, 15) is 0 Å². The van der Waals surface area contributed by atoms with Gasteiger partial charge >= 0.3 is 0 Å². The van der Waals surface area contributed by atoms with Crippen molar-refractivity contribution in [2.45, 2.75) is 4.90 Å². The molecule has 4 heteroatoms. The number of thiocarbonyl (C=S) groups is 1. The van der Waals surface area contributed by atoms with Gasteiger partial charge < -0.3 is 11.5 Å². The molecule has 0 spiro atoms. The van der Waals surface area contributed by atoms with Gasteiger partial charge in [0.15, 0.2) is 0 Å². The molecule has 0 saturated heterocycles. The van der Waals surface area contributed by atoms with E-state index in [1.165, 1.54) is 0 Å². The van der Waals surface area contributed by atoms with Gasteiger partial charge in [0, 0.05) is 16.1 Å². The van der Waals surface area contributed by atoms with Crippen LogP contribution in [-0.2, 0) is 0 Å². The van der Waals surface area contributed by atoms with E-state index >= 15 is 0 Å². The van der Waals surface area contributed by atoms with E-state index in [0.29, 0.717) is 10.7 Å². The fraction of sp³-hybridized carbons (Fsp3) is 0.125. The van der Waals surface area contributed by atoms with Crippen molar-refractivity contribution >= 4 is 34.7 Å². The molecule has 1 aromatic carbocycles. The largest absolute Gasteiger partial charge is 0.398 e. The summed E-state index contributed by atoms with van der Waals surface area (Å²) in [6, 6.07) is 5.65. The van der Waals surface area contributed by atoms with Crippen molar-refractivity contribution in [2.24, 2.45) is 5.73 Å². The molecule has 1 rings (SSSR count). The fourth-order valence-corrected chi connectivity index (χ4v) is 1.92. The van der Waals surface area contributed by atoms with Crippen LogP contribution in [0.4, 0.5) is 5.69 Å². The van der Waals surface area contributed by atoms with Gasteiger partial charge in [0.2, 0.25) is 0 Å². The van der Waals surface area contributed by atoms with E-state index in [1.807, 2.05) is 18.4 Å². The summed E-state index contributed by atoms with van der Waals surface area (Å²) in [6.07, 6.45) is 1.97. The Morgan fingerprint density at radius 2 is 2.17 bits per heavy atom. The zero-order valence-electron chi connectivity index (χ0n) is 6.70. The van der Waals surface area contributed by atoms with E-state index in [2.05, 4.69) is 0 Å². The Labute approximate surface area is 81.3 Å². The van der Waals surface area contributed by atoms with Crippen LogP contribution in [0.3, 0.4) is 0 Å². The lowest BCUT2D eigenvalue weighted by Crippen LogP contribution is -2.13. The summed E-state index contributed by atoms with van der Waals surface area (Å²) >= 11 is 6.48. The maximum absolute atomic E-state index is 5.72. The second kappa shape index (κ2) is 3.78. The second-order valence-corrected chi connectivity index (χ2v) is 3.58. The van der Waals surface area contributed by atoms with Crippen LogP contribution < -0.4 is 11.5 Å². The van der Waals surface area contributed by atoms with Crippen molar-refractivity contribution in [1.29, 1.82) is 0 Å². The van der Waals surface area contributed by atoms with Gasteiger partial charge in [0.25, 0.3) is 0 Å². The lowest BCUT2D eigenvalue weighted by Gasteiger charge is -2.07. The number of nitrogens with two attached hydrogens (primary N) is 2. The summed E-state index contributed by atoms with van der Waals surface area (Å²) in [4.78, 5) is 1.39. The average molecular weight is 198 g/mol. The standard InChI is InChI=1S/C8H10N2S2/c1-12-6-4-2-3-5(9)7(6)8(10)11/h2-4H,9H2,1H3,(H2,10,11). The first kappa shape index (κ1) is 9.35. The Morgan fingerprint density at radius 1 is 1.50 bits per heavy atom. The van der Waals surface area contributed by atoms with Crippen LogP contribution >= 0.6 is 24.0 Å². The fourth-order valence-electron chi connectivity index (χ4n) is 0.982. The predicted octanol–water partition coefficient (Wildman–Crippen LogP) is 1.62. The normalized spacial score (nSPS) is 9.75. The Kier molecular flexibility index (Phi) is 2.94. The van der Waals surface area contributed by atoms with Crippen molar-refractivity contribution in [3.05, 3.63) is 23.8 Å².